The van der Waals surface area contributed by atoms with Gasteiger partial charge in [-0.05, 0) is 68.9 Å². The maximum Gasteiger partial charge on any atom is 0.251 e. The summed E-state index contributed by atoms with van der Waals surface area (Å²) in [5.41, 5.74) is 1.49. The summed E-state index contributed by atoms with van der Waals surface area (Å²) in [6.45, 7) is 6.20. The molecular weight excluding hydrogens is 435 g/mol. The van der Waals surface area contributed by atoms with Gasteiger partial charge in [0.1, 0.15) is 0 Å². The summed E-state index contributed by atoms with van der Waals surface area (Å²) < 4.78 is 0. The van der Waals surface area contributed by atoms with Crippen LogP contribution in [0.3, 0.4) is 0 Å². The number of benzene rings is 1. The van der Waals surface area contributed by atoms with Crippen LogP contribution >= 0.6 is 24.8 Å². The molecule has 0 aromatic heterocycles. The summed E-state index contributed by atoms with van der Waals surface area (Å²) in [6, 6.07) is 7.59. The molecule has 3 aliphatic rings. The Morgan fingerprint density at radius 1 is 1.03 bits per heavy atom. The second kappa shape index (κ2) is 12.0. The van der Waals surface area contributed by atoms with E-state index in [-0.39, 0.29) is 42.0 Å². The van der Waals surface area contributed by atoms with Crippen LogP contribution in [0.5, 0.6) is 0 Å². The topological polar surface area (TPSA) is 73.5 Å². The van der Waals surface area contributed by atoms with Crippen molar-refractivity contribution in [2.75, 3.05) is 39.3 Å². The SMILES string of the molecule is Cl.Cl.O=C(NCCN1CCCC1)c1ccc(CNC(=O)[C@@]23CCCC[C@H]2CNC3)cc1. The number of carbonyl (C=O) groups excluding carboxylic acids is 2. The Balaban J connectivity index is 0.00000171. The molecule has 3 N–H and O–H groups in total. The van der Waals surface area contributed by atoms with E-state index in [0.29, 0.717) is 24.6 Å². The van der Waals surface area contributed by atoms with Gasteiger partial charge < -0.3 is 20.9 Å². The Kier molecular flexibility index (Phi) is 10.1. The van der Waals surface area contributed by atoms with Gasteiger partial charge in [-0.1, -0.05) is 25.0 Å². The fraction of sp³-hybridized carbons (Fsp3) is 0.652. The minimum Gasteiger partial charge on any atom is -0.351 e. The number of hydrogen-bond acceptors (Lipinski definition) is 4. The molecule has 6 nitrogen and oxygen atoms in total. The van der Waals surface area contributed by atoms with Gasteiger partial charge in [0.2, 0.25) is 5.91 Å². The monoisotopic (exact) mass is 470 g/mol. The molecule has 0 bridgehead atoms. The van der Waals surface area contributed by atoms with E-state index >= 15 is 0 Å². The smallest absolute Gasteiger partial charge is 0.251 e. The highest BCUT2D eigenvalue weighted by Crippen LogP contribution is 2.43. The van der Waals surface area contributed by atoms with Crippen molar-refractivity contribution in [3.8, 4) is 0 Å². The lowest BCUT2D eigenvalue weighted by Gasteiger charge is -2.37. The Morgan fingerprint density at radius 2 is 1.77 bits per heavy atom. The van der Waals surface area contributed by atoms with Gasteiger partial charge in [-0.2, -0.15) is 0 Å². The zero-order chi connectivity index (χ0) is 20.1. The highest BCUT2D eigenvalue weighted by atomic mass is 35.5. The van der Waals surface area contributed by atoms with Gasteiger partial charge in [0.15, 0.2) is 0 Å². The summed E-state index contributed by atoms with van der Waals surface area (Å²) in [5, 5.41) is 9.60. The van der Waals surface area contributed by atoms with Crippen LogP contribution in [-0.2, 0) is 11.3 Å². The lowest BCUT2D eigenvalue weighted by molar-refractivity contribution is -0.134. The number of nitrogens with zero attached hydrogens (tertiary/aromatic N) is 1. The number of halogens is 2. The quantitative estimate of drug-likeness (QED) is 0.572. The first-order chi connectivity index (χ1) is 14.2. The van der Waals surface area contributed by atoms with Gasteiger partial charge in [-0.25, -0.2) is 0 Å². The molecule has 174 valence electrons. The van der Waals surface area contributed by atoms with Crippen molar-refractivity contribution >= 4 is 36.6 Å². The Hall–Kier alpha value is -1.34. The minimum atomic E-state index is -0.215. The molecule has 0 unspecified atom stereocenters. The van der Waals surface area contributed by atoms with Crippen LogP contribution in [0.4, 0.5) is 0 Å². The van der Waals surface area contributed by atoms with Gasteiger partial charge in [-0.15, -0.1) is 24.8 Å². The van der Waals surface area contributed by atoms with Crippen LogP contribution in [-0.4, -0.2) is 56.0 Å². The normalized spacial score (nSPS) is 25.1. The van der Waals surface area contributed by atoms with Gasteiger partial charge >= 0.3 is 0 Å². The number of rotatable bonds is 7. The molecule has 2 amide bonds. The number of nitrogens with one attached hydrogen (secondary N) is 3. The average Bonchev–Trinajstić information content (AvgIpc) is 3.42. The van der Waals surface area contributed by atoms with Gasteiger partial charge in [0.25, 0.3) is 5.91 Å². The van der Waals surface area contributed by atoms with Crippen molar-refractivity contribution in [1.29, 1.82) is 0 Å². The number of likely N-dealkylation sites (tertiary alicyclic amines) is 1. The molecule has 1 aromatic rings. The molecule has 2 atom stereocenters. The third-order valence-corrected chi connectivity index (χ3v) is 7.07. The van der Waals surface area contributed by atoms with Crippen LogP contribution in [0.2, 0.25) is 0 Å². The Morgan fingerprint density at radius 3 is 2.52 bits per heavy atom. The number of hydrogen-bond donors (Lipinski definition) is 3. The lowest BCUT2D eigenvalue weighted by Crippen LogP contribution is -2.47. The first-order valence-electron chi connectivity index (χ1n) is 11.3. The molecule has 2 heterocycles. The van der Waals surface area contributed by atoms with Crippen molar-refractivity contribution < 1.29 is 9.59 Å². The van der Waals surface area contributed by atoms with Crippen LogP contribution in [0, 0.1) is 11.3 Å². The predicted molar refractivity (Wildman–Crippen MR) is 128 cm³/mol. The largest absolute Gasteiger partial charge is 0.351 e. The lowest BCUT2D eigenvalue weighted by atomic mass is 9.67. The highest BCUT2D eigenvalue weighted by Gasteiger charge is 2.49. The fourth-order valence-electron chi connectivity index (χ4n) is 5.26. The molecule has 2 saturated heterocycles. The summed E-state index contributed by atoms with van der Waals surface area (Å²) in [4.78, 5) is 27.7. The molecular formula is C23H36Cl2N4O2. The maximum atomic E-state index is 13.0. The Bertz CT molecular complexity index is 725. The van der Waals surface area contributed by atoms with Crippen LogP contribution in [0.25, 0.3) is 0 Å². The maximum absolute atomic E-state index is 13.0. The van der Waals surface area contributed by atoms with E-state index in [9.17, 15) is 9.59 Å². The third kappa shape index (κ3) is 6.13. The van der Waals surface area contributed by atoms with Crippen LogP contribution in [0.15, 0.2) is 24.3 Å². The number of amides is 2. The second-order valence-corrected chi connectivity index (χ2v) is 8.91. The van der Waals surface area contributed by atoms with Gasteiger partial charge in [0.05, 0.1) is 5.41 Å². The number of fused-ring (bicyclic) bond motifs is 1. The van der Waals surface area contributed by atoms with E-state index in [0.717, 1.165) is 57.5 Å². The molecule has 31 heavy (non-hydrogen) atoms. The van der Waals surface area contributed by atoms with Crippen LogP contribution < -0.4 is 16.0 Å². The summed E-state index contributed by atoms with van der Waals surface area (Å²) >= 11 is 0. The first kappa shape index (κ1) is 25.9. The molecule has 2 aliphatic heterocycles. The second-order valence-electron chi connectivity index (χ2n) is 8.91. The summed E-state index contributed by atoms with van der Waals surface area (Å²) in [7, 11) is 0. The van der Waals surface area contributed by atoms with Crippen molar-refractivity contribution in [2.45, 2.75) is 45.1 Å². The van der Waals surface area contributed by atoms with Crippen molar-refractivity contribution in [3.05, 3.63) is 35.4 Å². The third-order valence-electron chi connectivity index (χ3n) is 7.07. The highest BCUT2D eigenvalue weighted by molar-refractivity contribution is 5.94. The summed E-state index contributed by atoms with van der Waals surface area (Å²) in [5.74, 6) is 0.638. The molecule has 0 spiro atoms. The zero-order valence-corrected chi connectivity index (χ0v) is 19.8. The number of carbonyl (C=O) groups is 2. The van der Waals surface area contributed by atoms with Crippen molar-refractivity contribution in [1.82, 2.24) is 20.9 Å². The molecule has 1 saturated carbocycles. The minimum absolute atomic E-state index is 0. The fourth-order valence-corrected chi connectivity index (χ4v) is 5.26. The van der Waals surface area contributed by atoms with E-state index in [4.69, 9.17) is 0 Å². The molecule has 8 heteroatoms. The molecule has 1 aromatic carbocycles. The van der Waals surface area contributed by atoms with E-state index < -0.39 is 0 Å². The Labute approximate surface area is 198 Å². The first-order valence-corrected chi connectivity index (χ1v) is 11.3. The van der Waals surface area contributed by atoms with Crippen LogP contribution in [0.1, 0.15) is 54.4 Å². The summed E-state index contributed by atoms with van der Waals surface area (Å²) in [6.07, 6.45) is 7.07. The average molecular weight is 471 g/mol. The predicted octanol–water partition coefficient (Wildman–Crippen LogP) is 2.75. The standard InChI is InChI=1S/C23H34N4O2.2ClH/c28-21(25-11-14-27-12-3-4-13-27)19-8-6-18(7-9-19)15-26-22(29)23-10-2-1-5-20(23)16-24-17-23;;/h6-9,20,24H,1-5,10-17H2,(H,25,28)(H,26,29);2*1H/t20-,23+;;/m0../s1. The van der Waals surface area contributed by atoms with Gasteiger partial charge in [-0.3, -0.25) is 9.59 Å². The molecule has 4 rings (SSSR count). The van der Waals surface area contributed by atoms with Gasteiger partial charge in [0, 0.05) is 31.7 Å². The van der Waals surface area contributed by atoms with E-state index in [1.807, 2.05) is 24.3 Å². The van der Waals surface area contributed by atoms with E-state index in [1.54, 1.807) is 0 Å². The zero-order valence-electron chi connectivity index (χ0n) is 18.2. The molecule has 3 fully saturated rings. The molecule has 0 radical (unpaired) electrons. The van der Waals surface area contributed by atoms with E-state index in [1.165, 1.54) is 19.3 Å². The molecule has 1 aliphatic carbocycles. The van der Waals surface area contributed by atoms with E-state index in [2.05, 4.69) is 20.9 Å². The van der Waals surface area contributed by atoms with Crippen molar-refractivity contribution in [2.24, 2.45) is 11.3 Å². The van der Waals surface area contributed by atoms with Crippen molar-refractivity contribution in [3.63, 3.8) is 0 Å².